The molecule has 0 unspecified atom stereocenters. The Kier molecular flexibility index (Phi) is 4.72. The maximum absolute atomic E-state index is 12.5. The van der Waals surface area contributed by atoms with Gasteiger partial charge in [-0.1, -0.05) is 58.7 Å². The van der Waals surface area contributed by atoms with Crippen LogP contribution in [0.2, 0.25) is 0 Å². The predicted octanol–water partition coefficient (Wildman–Crippen LogP) is 3.78. The third kappa shape index (κ3) is 4.33. The lowest BCUT2D eigenvalue weighted by atomic mass is 10.1. The highest BCUT2D eigenvalue weighted by molar-refractivity contribution is 7.89. The zero-order valence-corrected chi connectivity index (χ0v) is 15.3. The fourth-order valence-corrected chi connectivity index (χ4v) is 3.95. The highest BCUT2D eigenvalue weighted by Crippen LogP contribution is 2.19. The second kappa shape index (κ2) is 6.80. The Morgan fingerprint density at radius 1 is 0.920 bits per heavy atom. The minimum absolute atomic E-state index is 0.0389. The molecule has 0 fully saturated rings. The zero-order chi connectivity index (χ0) is 18.0. The Labute approximate surface area is 147 Å². The summed E-state index contributed by atoms with van der Waals surface area (Å²) in [5, 5.41) is 3.89. The van der Waals surface area contributed by atoms with Crippen LogP contribution in [0.4, 0.5) is 0 Å². The molecule has 0 amide bonds. The van der Waals surface area contributed by atoms with Crippen molar-refractivity contribution in [3.8, 4) is 11.4 Å². The molecular weight excluding hydrogens is 336 g/mol. The van der Waals surface area contributed by atoms with Gasteiger partial charge in [0.05, 0.1) is 5.75 Å². The topological polar surface area (TPSA) is 73.1 Å². The first-order valence-electron chi connectivity index (χ1n) is 7.98. The van der Waals surface area contributed by atoms with Gasteiger partial charge in [0.15, 0.2) is 9.84 Å². The van der Waals surface area contributed by atoms with E-state index >= 15 is 0 Å². The normalized spacial score (nSPS) is 11.6. The van der Waals surface area contributed by atoms with E-state index in [9.17, 15) is 8.42 Å². The lowest BCUT2D eigenvalue weighted by molar-refractivity contribution is 0.389. The van der Waals surface area contributed by atoms with E-state index in [0.29, 0.717) is 5.82 Å². The van der Waals surface area contributed by atoms with Gasteiger partial charge in [0.2, 0.25) is 11.7 Å². The number of hydrogen-bond acceptors (Lipinski definition) is 5. The van der Waals surface area contributed by atoms with Crippen LogP contribution in [0.15, 0.2) is 47.0 Å². The summed E-state index contributed by atoms with van der Waals surface area (Å²) >= 11 is 0. The molecular formula is C19H20N2O3S. The average Bonchev–Trinajstić information content (AvgIpc) is 2.99. The van der Waals surface area contributed by atoms with Gasteiger partial charge in [-0.05, 0) is 31.9 Å². The summed E-state index contributed by atoms with van der Waals surface area (Å²) in [6.45, 7) is 5.85. The molecule has 3 aromatic rings. The second-order valence-corrected chi connectivity index (χ2v) is 8.40. The van der Waals surface area contributed by atoms with Gasteiger partial charge in [-0.3, -0.25) is 0 Å². The van der Waals surface area contributed by atoms with Gasteiger partial charge in [0.25, 0.3) is 0 Å². The largest absolute Gasteiger partial charge is 0.338 e. The van der Waals surface area contributed by atoms with E-state index in [-0.39, 0.29) is 17.4 Å². The van der Waals surface area contributed by atoms with Gasteiger partial charge in [0.1, 0.15) is 5.75 Å². The number of hydrogen-bond donors (Lipinski definition) is 0. The fourth-order valence-electron chi connectivity index (χ4n) is 2.57. The molecule has 0 aliphatic rings. The molecule has 25 heavy (non-hydrogen) atoms. The molecule has 2 aromatic carbocycles. The summed E-state index contributed by atoms with van der Waals surface area (Å²) < 4.78 is 30.1. The summed E-state index contributed by atoms with van der Waals surface area (Å²) in [7, 11) is -3.40. The van der Waals surface area contributed by atoms with Crippen molar-refractivity contribution >= 4 is 9.84 Å². The monoisotopic (exact) mass is 356 g/mol. The summed E-state index contributed by atoms with van der Waals surface area (Å²) in [4.78, 5) is 4.22. The van der Waals surface area contributed by atoms with Crippen LogP contribution in [0.1, 0.15) is 28.1 Å². The number of benzene rings is 2. The van der Waals surface area contributed by atoms with E-state index in [2.05, 4.69) is 10.1 Å². The Balaban J connectivity index is 1.77. The lowest BCUT2D eigenvalue weighted by Gasteiger charge is -2.07. The molecule has 0 atom stereocenters. The molecule has 0 saturated heterocycles. The van der Waals surface area contributed by atoms with Gasteiger partial charge in [-0.25, -0.2) is 8.42 Å². The fraction of sp³-hybridized carbons (Fsp3) is 0.263. The molecule has 0 aliphatic heterocycles. The van der Waals surface area contributed by atoms with E-state index in [1.54, 1.807) is 0 Å². The Hall–Kier alpha value is -2.47. The molecule has 5 nitrogen and oxygen atoms in total. The maximum atomic E-state index is 12.5. The van der Waals surface area contributed by atoms with Crippen molar-refractivity contribution in [3.05, 3.63) is 70.6 Å². The van der Waals surface area contributed by atoms with E-state index in [1.807, 2.05) is 63.2 Å². The summed E-state index contributed by atoms with van der Waals surface area (Å²) in [6.07, 6.45) is 0. The van der Waals surface area contributed by atoms with Crippen molar-refractivity contribution in [2.24, 2.45) is 0 Å². The smallest absolute Gasteiger partial charge is 0.242 e. The standard InChI is InChI=1S/C19H20N2O3S/c1-13-5-8-16(9-6-13)19-20-18(24-21-19)12-25(22,23)11-17-10-14(2)4-7-15(17)3/h4-10H,11-12H2,1-3H3. The molecule has 0 saturated carbocycles. The van der Waals surface area contributed by atoms with Crippen molar-refractivity contribution in [3.63, 3.8) is 0 Å². The summed E-state index contributed by atoms with van der Waals surface area (Å²) in [6, 6.07) is 13.5. The summed E-state index contributed by atoms with van der Waals surface area (Å²) in [5.74, 6) is 0.208. The van der Waals surface area contributed by atoms with E-state index in [0.717, 1.165) is 27.8 Å². The highest BCUT2D eigenvalue weighted by Gasteiger charge is 2.19. The van der Waals surface area contributed by atoms with E-state index in [1.165, 1.54) is 0 Å². The molecule has 0 aliphatic carbocycles. The molecule has 0 N–H and O–H groups in total. The van der Waals surface area contributed by atoms with Crippen LogP contribution in [-0.2, 0) is 21.3 Å². The minimum atomic E-state index is -3.40. The highest BCUT2D eigenvalue weighted by atomic mass is 32.2. The molecule has 1 aromatic heterocycles. The van der Waals surface area contributed by atoms with Gasteiger partial charge >= 0.3 is 0 Å². The third-order valence-corrected chi connectivity index (χ3v) is 5.44. The first-order chi connectivity index (χ1) is 11.8. The van der Waals surface area contributed by atoms with Crippen LogP contribution < -0.4 is 0 Å². The molecule has 6 heteroatoms. The van der Waals surface area contributed by atoms with E-state index < -0.39 is 9.84 Å². The number of aryl methyl sites for hydroxylation is 3. The van der Waals surface area contributed by atoms with Crippen LogP contribution in [0.25, 0.3) is 11.4 Å². The Morgan fingerprint density at radius 3 is 2.32 bits per heavy atom. The Morgan fingerprint density at radius 2 is 1.60 bits per heavy atom. The van der Waals surface area contributed by atoms with Crippen LogP contribution >= 0.6 is 0 Å². The number of aromatic nitrogens is 2. The van der Waals surface area contributed by atoms with Crippen LogP contribution in [0, 0.1) is 20.8 Å². The van der Waals surface area contributed by atoms with Crippen LogP contribution in [-0.4, -0.2) is 18.6 Å². The molecule has 130 valence electrons. The van der Waals surface area contributed by atoms with Gasteiger partial charge in [0, 0.05) is 5.56 Å². The zero-order valence-electron chi connectivity index (χ0n) is 14.5. The van der Waals surface area contributed by atoms with Crippen LogP contribution in [0.3, 0.4) is 0 Å². The molecule has 1 heterocycles. The second-order valence-electron chi connectivity index (χ2n) is 6.34. The molecule has 0 radical (unpaired) electrons. The van der Waals surface area contributed by atoms with Crippen molar-refractivity contribution in [1.82, 2.24) is 10.1 Å². The van der Waals surface area contributed by atoms with Crippen LogP contribution in [0.5, 0.6) is 0 Å². The quantitative estimate of drug-likeness (QED) is 0.696. The van der Waals surface area contributed by atoms with E-state index in [4.69, 9.17) is 4.52 Å². The molecule has 0 bridgehead atoms. The minimum Gasteiger partial charge on any atom is -0.338 e. The number of sulfone groups is 1. The van der Waals surface area contributed by atoms with Crippen molar-refractivity contribution in [2.45, 2.75) is 32.3 Å². The first kappa shape index (κ1) is 17.4. The van der Waals surface area contributed by atoms with Crippen molar-refractivity contribution in [2.75, 3.05) is 0 Å². The first-order valence-corrected chi connectivity index (χ1v) is 9.81. The molecule has 0 spiro atoms. The predicted molar refractivity (Wildman–Crippen MR) is 96.7 cm³/mol. The number of nitrogens with zero attached hydrogens (tertiary/aromatic N) is 2. The third-order valence-electron chi connectivity index (χ3n) is 4.00. The SMILES string of the molecule is Cc1ccc(-c2noc(CS(=O)(=O)Cc3cc(C)ccc3C)n2)cc1. The van der Waals surface area contributed by atoms with Gasteiger partial charge < -0.3 is 4.52 Å². The maximum Gasteiger partial charge on any atom is 0.242 e. The Bertz CT molecular complexity index is 990. The lowest BCUT2D eigenvalue weighted by Crippen LogP contribution is -2.09. The number of rotatable bonds is 5. The van der Waals surface area contributed by atoms with Crippen molar-refractivity contribution in [1.29, 1.82) is 0 Å². The molecule has 3 rings (SSSR count). The van der Waals surface area contributed by atoms with Gasteiger partial charge in [-0.15, -0.1) is 0 Å². The van der Waals surface area contributed by atoms with Crippen molar-refractivity contribution < 1.29 is 12.9 Å². The van der Waals surface area contributed by atoms with Gasteiger partial charge in [-0.2, -0.15) is 4.98 Å². The average molecular weight is 356 g/mol. The summed E-state index contributed by atoms with van der Waals surface area (Å²) in [5.41, 5.74) is 4.73.